The molecule has 8 heteroatoms. The van der Waals surface area contributed by atoms with Crippen LogP contribution in [0.5, 0.6) is 0 Å². The minimum Gasteiger partial charge on any atom is -0.550 e. The predicted molar refractivity (Wildman–Crippen MR) is 79.2 cm³/mol. The third kappa shape index (κ3) is 5.01. The van der Waals surface area contributed by atoms with Crippen LogP contribution in [-0.4, -0.2) is 12.0 Å². The molecule has 0 atom stereocenters. The Kier molecular flexibility index (Phi) is 5.08. The zero-order valence-corrected chi connectivity index (χ0v) is 12.2. The number of alkyl halides is 3. The van der Waals surface area contributed by atoms with E-state index < -0.39 is 23.7 Å². The van der Waals surface area contributed by atoms with Gasteiger partial charge in [0.1, 0.15) is 0 Å². The molecule has 0 heterocycles. The fourth-order valence-electron chi connectivity index (χ4n) is 1.94. The maximum atomic E-state index is 12.6. The van der Waals surface area contributed by atoms with Gasteiger partial charge in [-0.3, -0.25) is 0 Å². The van der Waals surface area contributed by atoms with E-state index in [1.807, 2.05) is 0 Å². The number of carboxylic acids is 1. The maximum absolute atomic E-state index is 12.6. The van der Waals surface area contributed by atoms with E-state index in [1.54, 1.807) is 0 Å². The van der Waals surface area contributed by atoms with Crippen molar-refractivity contribution in [3.05, 3.63) is 59.7 Å². The number of nitrogens with one attached hydrogen (secondary N) is 2. The third-order valence-electron chi connectivity index (χ3n) is 3.01. The molecule has 0 spiro atoms. The third-order valence-corrected chi connectivity index (χ3v) is 3.01. The molecule has 2 aromatic rings. The smallest absolute Gasteiger partial charge is 0.416 e. The maximum Gasteiger partial charge on any atom is 0.416 e. The van der Waals surface area contributed by atoms with Crippen molar-refractivity contribution in [1.82, 2.24) is 0 Å². The highest BCUT2D eigenvalue weighted by atomic mass is 19.4. The van der Waals surface area contributed by atoms with Crippen LogP contribution in [-0.2, 0) is 17.4 Å². The zero-order chi connectivity index (χ0) is 17.7. The second-order valence-electron chi connectivity index (χ2n) is 4.90. The molecule has 0 aliphatic heterocycles. The van der Waals surface area contributed by atoms with Crippen molar-refractivity contribution >= 4 is 23.4 Å². The van der Waals surface area contributed by atoms with Crippen molar-refractivity contribution in [2.75, 3.05) is 10.6 Å². The summed E-state index contributed by atoms with van der Waals surface area (Å²) in [5.74, 6) is -1.22. The van der Waals surface area contributed by atoms with Gasteiger partial charge in [-0.25, -0.2) is 4.79 Å². The Hall–Kier alpha value is -3.03. The molecular weight excluding hydrogens is 325 g/mol. The van der Waals surface area contributed by atoms with Crippen LogP contribution in [0.2, 0.25) is 0 Å². The standard InChI is InChI=1S/C16H13F3N2O3/c17-16(18,19)11-2-1-3-13(9-11)21-15(24)20-12-6-4-10(5-7-12)8-14(22)23/h1-7,9H,8H2,(H,22,23)(H2,20,21,24)/p-1. The van der Waals surface area contributed by atoms with Crippen LogP contribution in [0, 0.1) is 0 Å². The summed E-state index contributed by atoms with van der Waals surface area (Å²) in [5, 5.41) is 15.2. The minimum atomic E-state index is -4.50. The molecule has 0 fully saturated rings. The van der Waals surface area contributed by atoms with Crippen LogP contribution in [0.15, 0.2) is 48.5 Å². The van der Waals surface area contributed by atoms with Crippen molar-refractivity contribution in [2.24, 2.45) is 0 Å². The van der Waals surface area contributed by atoms with Gasteiger partial charge in [0.2, 0.25) is 0 Å². The van der Waals surface area contributed by atoms with E-state index in [2.05, 4.69) is 10.6 Å². The lowest BCUT2D eigenvalue weighted by Crippen LogP contribution is -2.24. The van der Waals surface area contributed by atoms with Gasteiger partial charge in [-0.05, 0) is 35.9 Å². The van der Waals surface area contributed by atoms with E-state index in [1.165, 1.54) is 36.4 Å². The van der Waals surface area contributed by atoms with Gasteiger partial charge < -0.3 is 20.5 Å². The highest BCUT2D eigenvalue weighted by Crippen LogP contribution is 2.30. The molecule has 0 aliphatic carbocycles. The zero-order valence-electron chi connectivity index (χ0n) is 12.2. The first-order valence-corrected chi connectivity index (χ1v) is 6.78. The number of aliphatic carboxylic acids is 1. The quantitative estimate of drug-likeness (QED) is 0.900. The molecule has 126 valence electrons. The molecule has 24 heavy (non-hydrogen) atoms. The normalized spacial score (nSPS) is 11.0. The first kappa shape index (κ1) is 17.3. The molecular formula is C16H12F3N2O3-. The summed E-state index contributed by atoms with van der Waals surface area (Å²) in [6.45, 7) is 0. The SMILES string of the molecule is O=C([O-])Cc1ccc(NC(=O)Nc2cccc(C(F)(F)F)c2)cc1. The fourth-order valence-corrected chi connectivity index (χ4v) is 1.94. The summed E-state index contributed by atoms with van der Waals surface area (Å²) >= 11 is 0. The molecule has 2 N–H and O–H groups in total. The van der Waals surface area contributed by atoms with Crippen LogP contribution in [0.1, 0.15) is 11.1 Å². The Morgan fingerprint density at radius 3 is 2.17 bits per heavy atom. The topological polar surface area (TPSA) is 81.3 Å². The fraction of sp³-hybridized carbons (Fsp3) is 0.125. The summed E-state index contributed by atoms with van der Waals surface area (Å²) in [6.07, 6.45) is -4.75. The highest BCUT2D eigenvalue weighted by Gasteiger charge is 2.30. The summed E-state index contributed by atoms with van der Waals surface area (Å²) in [6, 6.07) is 9.47. The molecule has 0 bridgehead atoms. The Morgan fingerprint density at radius 1 is 0.958 bits per heavy atom. The summed E-state index contributed by atoms with van der Waals surface area (Å²) in [7, 11) is 0. The molecule has 2 aromatic carbocycles. The molecule has 0 aliphatic rings. The van der Waals surface area contributed by atoms with Crippen LogP contribution in [0.3, 0.4) is 0 Å². The van der Waals surface area contributed by atoms with Crippen LogP contribution < -0.4 is 15.7 Å². The summed E-state index contributed by atoms with van der Waals surface area (Å²) in [4.78, 5) is 22.3. The molecule has 5 nitrogen and oxygen atoms in total. The van der Waals surface area contributed by atoms with Crippen molar-refractivity contribution in [3.63, 3.8) is 0 Å². The van der Waals surface area contributed by atoms with Gasteiger partial charge in [0.25, 0.3) is 0 Å². The van der Waals surface area contributed by atoms with Crippen LogP contribution in [0.4, 0.5) is 29.3 Å². The van der Waals surface area contributed by atoms with Gasteiger partial charge in [0.05, 0.1) is 5.56 Å². The number of rotatable bonds is 4. The molecule has 0 unspecified atom stereocenters. The predicted octanol–water partition coefficient (Wildman–Crippen LogP) is 2.64. The van der Waals surface area contributed by atoms with Crippen molar-refractivity contribution in [2.45, 2.75) is 12.6 Å². The lowest BCUT2D eigenvalue weighted by molar-refractivity contribution is -0.304. The number of anilines is 2. The number of hydrogen-bond acceptors (Lipinski definition) is 3. The Labute approximate surface area is 135 Å². The number of carboxylic acid groups (broad SMARTS) is 1. The molecule has 0 aromatic heterocycles. The van der Waals surface area contributed by atoms with E-state index in [4.69, 9.17) is 0 Å². The van der Waals surface area contributed by atoms with E-state index >= 15 is 0 Å². The van der Waals surface area contributed by atoms with Crippen LogP contribution >= 0.6 is 0 Å². The summed E-state index contributed by atoms with van der Waals surface area (Å²) in [5.41, 5.74) is -0.0109. The molecule has 2 amide bonds. The Bertz CT molecular complexity index is 743. The van der Waals surface area contributed by atoms with E-state index in [9.17, 15) is 27.9 Å². The summed E-state index contributed by atoms with van der Waals surface area (Å²) < 4.78 is 37.8. The lowest BCUT2D eigenvalue weighted by Gasteiger charge is -2.11. The first-order valence-electron chi connectivity index (χ1n) is 6.78. The number of benzene rings is 2. The second kappa shape index (κ2) is 7.03. The van der Waals surface area contributed by atoms with Crippen molar-refractivity contribution in [1.29, 1.82) is 0 Å². The second-order valence-corrected chi connectivity index (χ2v) is 4.90. The van der Waals surface area contributed by atoms with Crippen LogP contribution in [0.25, 0.3) is 0 Å². The van der Waals surface area contributed by atoms with Gasteiger partial charge in [-0.1, -0.05) is 18.2 Å². The molecule has 0 saturated carbocycles. The average molecular weight is 337 g/mol. The van der Waals surface area contributed by atoms with E-state index in [0.717, 1.165) is 12.1 Å². The average Bonchev–Trinajstić information content (AvgIpc) is 2.48. The minimum absolute atomic E-state index is 0.00380. The first-order chi connectivity index (χ1) is 11.2. The number of carbonyl (C=O) groups excluding carboxylic acids is 2. The number of carbonyl (C=O) groups is 2. The lowest BCUT2D eigenvalue weighted by atomic mass is 10.1. The molecule has 0 radical (unpaired) electrons. The van der Waals surface area contributed by atoms with E-state index in [-0.39, 0.29) is 12.1 Å². The van der Waals surface area contributed by atoms with Gasteiger partial charge in [0.15, 0.2) is 0 Å². The van der Waals surface area contributed by atoms with E-state index in [0.29, 0.717) is 11.3 Å². The largest absolute Gasteiger partial charge is 0.550 e. The highest BCUT2D eigenvalue weighted by molar-refractivity contribution is 5.99. The number of halogens is 3. The van der Waals surface area contributed by atoms with Gasteiger partial charge in [-0.2, -0.15) is 13.2 Å². The van der Waals surface area contributed by atoms with Gasteiger partial charge in [0, 0.05) is 23.8 Å². The van der Waals surface area contributed by atoms with Crippen molar-refractivity contribution < 1.29 is 27.9 Å². The van der Waals surface area contributed by atoms with Gasteiger partial charge >= 0.3 is 12.2 Å². The molecule has 2 rings (SSSR count). The number of urea groups is 1. The van der Waals surface area contributed by atoms with Gasteiger partial charge in [-0.15, -0.1) is 0 Å². The Morgan fingerprint density at radius 2 is 1.58 bits per heavy atom. The number of amides is 2. The monoisotopic (exact) mass is 337 g/mol. The Balaban J connectivity index is 1.99. The number of hydrogen-bond donors (Lipinski definition) is 2. The van der Waals surface area contributed by atoms with Crippen molar-refractivity contribution in [3.8, 4) is 0 Å². The molecule has 0 saturated heterocycles.